The second kappa shape index (κ2) is 6.76. The molecule has 23 heavy (non-hydrogen) atoms. The monoisotopic (exact) mass is 355 g/mol. The Labute approximate surface area is 138 Å². The molecule has 0 unspecified atom stereocenters. The SMILES string of the molecule is CS(=O)(=O)Nc1ccc(NC(=O)Nc2cc(Cl)ccc2O)cc1. The number of sulfonamides is 1. The molecule has 2 amide bonds. The van der Waals surface area contributed by atoms with E-state index in [9.17, 15) is 18.3 Å². The summed E-state index contributed by atoms with van der Waals surface area (Å²) in [5.74, 6) is -0.114. The topological polar surface area (TPSA) is 108 Å². The van der Waals surface area contributed by atoms with Crippen molar-refractivity contribution in [1.29, 1.82) is 0 Å². The Kier molecular flexibility index (Phi) is 4.97. The normalized spacial score (nSPS) is 10.9. The molecule has 0 aliphatic rings. The number of phenols is 1. The van der Waals surface area contributed by atoms with E-state index in [1.54, 1.807) is 0 Å². The van der Waals surface area contributed by atoms with E-state index in [0.717, 1.165) is 6.26 Å². The van der Waals surface area contributed by atoms with E-state index in [-0.39, 0.29) is 11.4 Å². The van der Waals surface area contributed by atoms with Crippen molar-refractivity contribution in [2.75, 3.05) is 21.6 Å². The molecule has 2 aromatic carbocycles. The highest BCUT2D eigenvalue weighted by atomic mass is 35.5. The zero-order valence-corrected chi connectivity index (χ0v) is 13.6. The first kappa shape index (κ1) is 16.9. The Hall–Kier alpha value is -2.45. The molecule has 0 aromatic heterocycles. The van der Waals surface area contributed by atoms with Gasteiger partial charge in [-0.2, -0.15) is 0 Å². The molecule has 7 nitrogen and oxygen atoms in total. The van der Waals surface area contributed by atoms with Crippen LogP contribution in [0.25, 0.3) is 0 Å². The standard InChI is InChI=1S/C14H14ClN3O4S/c1-23(21,22)18-11-5-3-10(4-6-11)16-14(20)17-12-8-9(15)2-7-13(12)19/h2-8,18-19H,1H3,(H2,16,17,20). The number of phenolic OH excluding ortho intramolecular Hbond substituents is 1. The van der Waals surface area contributed by atoms with Crippen LogP contribution >= 0.6 is 11.6 Å². The molecular formula is C14H14ClN3O4S. The second-order valence-electron chi connectivity index (χ2n) is 4.69. The summed E-state index contributed by atoms with van der Waals surface area (Å²) >= 11 is 5.79. The molecule has 0 bridgehead atoms. The van der Waals surface area contributed by atoms with Gasteiger partial charge in [-0.1, -0.05) is 11.6 Å². The molecule has 0 atom stereocenters. The zero-order chi connectivity index (χ0) is 17.0. The van der Waals surface area contributed by atoms with Crippen molar-refractivity contribution in [3.63, 3.8) is 0 Å². The lowest BCUT2D eigenvalue weighted by Crippen LogP contribution is -2.19. The maximum atomic E-state index is 11.9. The molecule has 0 saturated carbocycles. The van der Waals surface area contributed by atoms with Crippen molar-refractivity contribution >= 4 is 44.7 Å². The fraction of sp³-hybridized carbons (Fsp3) is 0.0714. The molecule has 0 fully saturated rings. The highest BCUT2D eigenvalue weighted by Gasteiger charge is 2.08. The second-order valence-corrected chi connectivity index (χ2v) is 6.88. The summed E-state index contributed by atoms with van der Waals surface area (Å²) in [6.45, 7) is 0. The number of rotatable bonds is 4. The van der Waals surface area contributed by atoms with Gasteiger partial charge >= 0.3 is 6.03 Å². The van der Waals surface area contributed by atoms with Gasteiger partial charge in [-0.25, -0.2) is 13.2 Å². The van der Waals surface area contributed by atoms with Gasteiger partial charge in [0.15, 0.2) is 0 Å². The smallest absolute Gasteiger partial charge is 0.323 e. The minimum Gasteiger partial charge on any atom is -0.506 e. The van der Waals surface area contributed by atoms with E-state index >= 15 is 0 Å². The van der Waals surface area contributed by atoms with Crippen molar-refractivity contribution in [1.82, 2.24) is 0 Å². The van der Waals surface area contributed by atoms with E-state index in [1.807, 2.05) is 0 Å². The van der Waals surface area contributed by atoms with Crippen molar-refractivity contribution in [3.8, 4) is 5.75 Å². The maximum Gasteiger partial charge on any atom is 0.323 e. The van der Waals surface area contributed by atoms with Crippen LogP contribution in [0.4, 0.5) is 21.9 Å². The predicted molar refractivity (Wildman–Crippen MR) is 90.7 cm³/mol. The first-order valence-electron chi connectivity index (χ1n) is 6.37. The molecular weight excluding hydrogens is 342 g/mol. The van der Waals surface area contributed by atoms with Gasteiger partial charge in [-0.3, -0.25) is 4.72 Å². The van der Waals surface area contributed by atoms with Crippen LogP contribution in [0.1, 0.15) is 0 Å². The van der Waals surface area contributed by atoms with E-state index in [2.05, 4.69) is 15.4 Å². The summed E-state index contributed by atoms with van der Waals surface area (Å²) in [5.41, 5.74) is 0.999. The molecule has 0 radical (unpaired) electrons. The minimum absolute atomic E-state index is 0.114. The molecule has 0 spiro atoms. The zero-order valence-electron chi connectivity index (χ0n) is 12.0. The van der Waals surface area contributed by atoms with Crippen molar-refractivity contribution in [2.24, 2.45) is 0 Å². The fourth-order valence-electron chi connectivity index (χ4n) is 1.73. The Balaban J connectivity index is 2.01. The summed E-state index contributed by atoms with van der Waals surface area (Å²) in [5, 5.41) is 15.0. The van der Waals surface area contributed by atoms with E-state index < -0.39 is 16.1 Å². The third kappa shape index (κ3) is 5.35. The summed E-state index contributed by atoms with van der Waals surface area (Å²) in [7, 11) is -3.35. The van der Waals surface area contributed by atoms with Gasteiger partial charge in [-0.15, -0.1) is 0 Å². The molecule has 9 heteroatoms. The Morgan fingerprint density at radius 3 is 2.26 bits per heavy atom. The number of nitrogens with one attached hydrogen (secondary N) is 3. The van der Waals surface area contributed by atoms with Gasteiger partial charge < -0.3 is 15.7 Å². The number of carbonyl (C=O) groups excluding carboxylic acids is 1. The number of carbonyl (C=O) groups is 1. The molecule has 0 aliphatic carbocycles. The molecule has 122 valence electrons. The Morgan fingerprint density at radius 1 is 1.04 bits per heavy atom. The average molecular weight is 356 g/mol. The number of amides is 2. The lowest BCUT2D eigenvalue weighted by molar-refractivity contribution is 0.262. The minimum atomic E-state index is -3.35. The van der Waals surface area contributed by atoms with Crippen LogP contribution in [0, 0.1) is 0 Å². The van der Waals surface area contributed by atoms with Gasteiger partial charge in [0.2, 0.25) is 10.0 Å². The van der Waals surface area contributed by atoms with Crippen LogP contribution in [-0.2, 0) is 10.0 Å². The Bertz CT molecular complexity index is 822. The number of hydrogen-bond donors (Lipinski definition) is 4. The third-order valence-electron chi connectivity index (χ3n) is 2.65. The first-order chi connectivity index (χ1) is 10.7. The van der Waals surface area contributed by atoms with E-state index in [0.29, 0.717) is 16.4 Å². The summed E-state index contributed by atoms with van der Waals surface area (Å²) in [4.78, 5) is 11.9. The lowest BCUT2D eigenvalue weighted by atomic mass is 10.3. The predicted octanol–water partition coefficient (Wildman–Crippen LogP) is 3.06. The van der Waals surface area contributed by atoms with Crippen LogP contribution in [0.5, 0.6) is 5.75 Å². The molecule has 4 N–H and O–H groups in total. The molecule has 2 aromatic rings. The molecule has 0 aliphatic heterocycles. The lowest BCUT2D eigenvalue weighted by Gasteiger charge is -2.10. The molecule has 0 saturated heterocycles. The van der Waals surface area contributed by atoms with Crippen LogP contribution in [0.3, 0.4) is 0 Å². The van der Waals surface area contributed by atoms with Crippen molar-refractivity contribution < 1.29 is 18.3 Å². The summed E-state index contributed by atoms with van der Waals surface area (Å²) < 4.78 is 24.5. The van der Waals surface area contributed by atoms with Crippen molar-refractivity contribution in [3.05, 3.63) is 47.5 Å². The van der Waals surface area contributed by atoms with Crippen molar-refractivity contribution in [2.45, 2.75) is 0 Å². The number of hydrogen-bond acceptors (Lipinski definition) is 4. The van der Waals surface area contributed by atoms with Gasteiger partial charge in [0.05, 0.1) is 11.9 Å². The maximum absolute atomic E-state index is 11.9. The Morgan fingerprint density at radius 2 is 1.65 bits per heavy atom. The van der Waals surface area contributed by atoms with Crippen LogP contribution < -0.4 is 15.4 Å². The summed E-state index contributed by atoms with van der Waals surface area (Å²) in [6, 6.07) is 9.77. The van der Waals surface area contributed by atoms with Crippen LogP contribution in [-0.4, -0.2) is 25.8 Å². The third-order valence-corrected chi connectivity index (χ3v) is 3.49. The summed E-state index contributed by atoms with van der Waals surface area (Å²) in [6.07, 6.45) is 1.05. The van der Waals surface area contributed by atoms with Gasteiger partial charge in [0.25, 0.3) is 0 Å². The molecule has 0 heterocycles. The number of anilines is 3. The number of urea groups is 1. The van der Waals surface area contributed by atoms with E-state index in [1.165, 1.54) is 42.5 Å². The largest absolute Gasteiger partial charge is 0.506 e. The van der Waals surface area contributed by atoms with Gasteiger partial charge in [0.1, 0.15) is 5.75 Å². The van der Waals surface area contributed by atoms with Gasteiger partial charge in [-0.05, 0) is 42.5 Å². The quantitative estimate of drug-likeness (QED) is 0.632. The highest BCUT2D eigenvalue weighted by Crippen LogP contribution is 2.26. The molecule has 2 rings (SSSR count). The number of aromatic hydroxyl groups is 1. The number of benzene rings is 2. The van der Waals surface area contributed by atoms with E-state index in [4.69, 9.17) is 11.6 Å². The first-order valence-corrected chi connectivity index (χ1v) is 8.64. The number of halogens is 1. The van der Waals surface area contributed by atoms with Crippen LogP contribution in [0.15, 0.2) is 42.5 Å². The average Bonchev–Trinajstić information content (AvgIpc) is 2.43. The fourth-order valence-corrected chi connectivity index (χ4v) is 2.47. The highest BCUT2D eigenvalue weighted by molar-refractivity contribution is 7.92. The van der Waals surface area contributed by atoms with Gasteiger partial charge in [0, 0.05) is 16.4 Å². The van der Waals surface area contributed by atoms with Crippen LogP contribution in [0.2, 0.25) is 5.02 Å².